The molecule has 0 unspecified atom stereocenters. The Morgan fingerprint density at radius 1 is 1.16 bits per heavy atom. The van der Waals surface area contributed by atoms with Crippen LogP contribution in [0.5, 0.6) is 0 Å². The second-order valence-electron chi connectivity index (χ2n) is 4.19. The fourth-order valence-corrected chi connectivity index (χ4v) is 1.46. The maximum Gasteiger partial charge on any atom is 0.331 e. The normalized spacial score (nSPS) is 12.8. The van der Waals surface area contributed by atoms with E-state index in [0.29, 0.717) is 5.56 Å². The van der Waals surface area contributed by atoms with Crippen LogP contribution in [0.1, 0.15) is 29.8 Å². The van der Waals surface area contributed by atoms with Crippen molar-refractivity contribution in [2.24, 2.45) is 0 Å². The van der Waals surface area contributed by atoms with Crippen LogP contribution in [0.15, 0.2) is 48.6 Å². The highest BCUT2D eigenvalue weighted by molar-refractivity contribution is 6.00. The number of ether oxygens (including phenoxy) is 1. The molecule has 0 aromatic heterocycles. The Morgan fingerprint density at radius 3 is 2.37 bits per heavy atom. The number of allylic oxidation sites excluding steroid dienone is 3. The van der Waals surface area contributed by atoms with Gasteiger partial charge in [0.15, 0.2) is 6.10 Å². The first-order valence-electron chi connectivity index (χ1n) is 6.15. The summed E-state index contributed by atoms with van der Waals surface area (Å²) in [4.78, 5) is 23.4. The minimum Gasteiger partial charge on any atom is -0.451 e. The zero-order valence-electron chi connectivity index (χ0n) is 11.4. The average molecular weight is 258 g/mol. The number of hydrogen-bond acceptors (Lipinski definition) is 3. The van der Waals surface area contributed by atoms with E-state index in [-0.39, 0.29) is 5.78 Å². The van der Waals surface area contributed by atoms with Crippen LogP contribution in [-0.4, -0.2) is 17.9 Å². The molecule has 1 aromatic carbocycles. The molecule has 0 aliphatic heterocycles. The van der Waals surface area contributed by atoms with E-state index in [4.69, 9.17) is 4.74 Å². The van der Waals surface area contributed by atoms with Gasteiger partial charge in [0.25, 0.3) is 0 Å². The molecule has 0 heterocycles. The lowest BCUT2D eigenvalue weighted by atomic mass is 10.1. The Balaban J connectivity index is 2.62. The van der Waals surface area contributed by atoms with Crippen LogP contribution in [0, 0.1) is 6.92 Å². The van der Waals surface area contributed by atoms with Gasteiger partial charge in [-0.25, -0.2) is 4.79 Å². The Kier molecular flexibility index (Phi) is 5.73. The third-order valence-corrected chi connectivity index (χ3v) is 2.53. The van der Waals surface area contributed by atoms with Gasteiger partial charge in [-0.05, 0) is 20.8 Å². The Bertz CT molecular complexity index is 495. The zero-order chi connectivity index (χ0) is 14.3. The summed E-state index contributed by atoms with van der Waals surface area (Å²) in [6.45, 7) is 5.37. The average Bonchev–Trinajstić information content (AvgIpc) is 2.39. The summed E-state index contributed by atoms with van der Waals surface area (Å²) < 4.78 is 5.03. The van der Waals surface area contributed by atoms with E-state index in [0.717, 1.165) is 5.56 Å². The molecule has 0 aliphatic carbocycles. The van der Waals surface area contributed by atoms with E-state index in [1.165, 1.54) is 6.08 Å². The molecule has 0 saturated carbocycles. The van der Waals surface area contributed by atoms with Crippen molar-refractivity contribution < 1.29 is 14.3 Å². The fraction of sp³-hybridized carbons (Fsp3) is 0.250. The largest absolute Gasteiger partial charge is 0.451 e. The Hall–Kier alpha value is -2.16. The molecule has 1 rings (SSSR count). The van der Waals surface area contributed by atoms with Crippen molar-refractivity contribution in [1.29, 1.82) is 0 Å². The van der Waals surface area contributed by atoms with Crippen LogP contribution in [0.2, 0.25) is 0 Å². The van der Waals surface area contributed by atoms with Gasteiger partial charge in [0.1, 0.15) is 0 Å². The number of carbonyl (C=O) groups is 2. The van der Waals surface area contributed by atoms with Crippen molar-refractivity contribution in [3.8, 4) is 0 Å². The summed E-state index contributed by atoms with van der Waals surface area (Å²) in [5.41, 5.74) is 1.62. The van der Waals surface area contributed by atoms with Gasteiger partial charge in [-0.15, -0.1) is 0 Å². The molecule has 0 fully saturated rings. The molecule has 1 aromatic rings. The van der Waals surface area contributed by atoms with Crippen LogP contribution < -0.4 is 0 Å². The first kappa shape index (κ1) is 14.9. The minimum atomic E-state index is -0.787. The predicted octanol–water partition coefficient (Wildman–Crippen LogP) is 3.24. The SMILES string of the molecule is C/C=C/C=C/C(=O)O[C@H](C)C(=O)c1ccc(C)cc1. The molecular weight excluding hydrogens is 240 g/mol. The molecule has 0 amide bonds. The molecule has 19 heavy (non-hydrogen) atoms. The summed E-state index contributed by atoms with van der Waals surface area (Å²) in [5.74, 6) is -0.723. The third-order valence-electron chi connectivity index (χ3n) is 2.53. The molecule has 0 aliphatic rings. The summed E-state index contributed by atoms with van der Waals surface area (Å²) >= 11 is 0. The van der Waals surface area contributed by atoms with Gasteiger partial charge in [-0.3, -0.25) is 4.79 Å². The molecule has 0 radical (unpaired) electrons. The van der Waals surface area contributed by atoms with Crippen molar-refractivity contribution in [2.75, 3.05) is 0 Å². The van der Waals surface area contributed by atoms with Gasteiger partial charge in [0.05, 0.1) is 0 Å². The van der Waals surface area contributed by atoms with Gasteiger partial charge >= 0.3 is 5.97 Å². The van der Waals surface area contributed by atoms with Crippen molar-refractivity contribution in [3.05, 3.63) is 59.7 Å². The fourth-order valence-electron chi connectivity index (χ4n) is 1.46. The standard InChI is InChI=1S/C16H18O3/c1-4-5-6-7-15(17)19-13(3)16(18)14-10-8-12(2)9-11-14/h4-11,13H,1-3H3/b5-4+,7-6+/t13-/m1/s1. The van der Waals surface area contributed by atoms with E-state index in [1.807, 2.05) is 26.0 Å². The first-order chi connectivity index (χ1) is 9.04. The molecule has 3 nitrogen and oxygen atoms in total. The summed E-state index contributed by atoms with van der Waals surface area (Å²) in [5, 5.41) is 0. The summed E-state index contributed by atoms with van der Waals surface area (Å²) in [6, 6.07) is 7.18. The highest BCUT2D eigenvalue weighted by Crippen LogP contribution is 2.08. The third kappa shape index (κ3) is 4.92. The van der Waals surface area contributed by atoms with Crippen molar-refractivity contribution in [3.63, 3.8) is 0 Å². The molecule has 3 heteroatoms. The van der Waals surface area contributed by atoms with Crippen LogP contribution in [0.4, 0.5) is 0 Å². The molecular formula is C16H18O3. The molecule has 0 saturated heterocycles. The van der Waals surface area contributed by atoms with Gasteiger partial charge in [-0.1, -0.05) is 48.1 Å². The van der Waals surface area contributed by atoms with Gasteiger partial charge in [-0.2, -0.15) is 0 Å². The van der Waals surface area contributed by atoms with Gasteiger partial charge < -0.3 is 4.74 Å². The zero-order valence-corrected chi connectivity index (χ0v) is 11.4. The molecule has 100 valence electrons. The summed E-state index contributed by atoms with van der Waals surface area (Å²) in [6.07, 6.45) is 5.59. The van der Waals surface area contributed by atoms with E-state index >= 15 is 0 Å². The van der Waals surface area contributed by atoms with Crippen molar-refractivity contribution in [1.82, 2.24) is 0 Å². The lowest BCUT2D eigenvalue weighted by molar-refractivity contribution is -0.140. The Morgan fingerprint density at radius 2 is 1.79 bits per heavy atom. The topological polar surface area (TPSA) is 43.4 Å². The Labute approximate surface area is 113 Å². The molecule has 0 N–H and O–H groups in total. The van der Waals surface area contributed by atoms with E-state index in [2.05, 4.69) is 0 Å². The van der Waals surface area contributed by atoms with Gasteiger partial charge in [0, 0.05) is 11.6 Å². The lowest BCUT2D eigenvalue weighted by Gasteiger charge is -2.10. The number of hydrogen-bond donors (Lipinski definition) is 0. The maximum atomic E-state index is 12.0. The lowest BCUT2D eigenvalue weighted by Crippen LogP contribution is -2.23. The number of carbonyl (C=O) groups excluding carboxylic acids is 2. The van der Waals surface area contributed by atoms with Crippen LogP contribution in [0.3, 0.4) is 0 Å². The summed E-state index contributed by atoms with van der Waals surface area (Å²) in [7, 11) is 0. The molecule has 0 bridgehead atoms. The minimum absolute atomic E-state index is 0.201. The van der Waals surface area contributed by atoms with E-state index in [9.17, 15) is 9.59 Å². The second kappa shape index (κ2) is 7.31. The van der Waals surface area contributed by atoms with Crippen LogP contribution in [0.25, 0.3) is 0 Å². The smallest absolute Gasteiger partial charge is 0.331 e. The number of esters is 1. The van der Waals surface area contributed by atoms with E-state index < -0.39 is 12.1 Å². The first-order valence-corrected chi connectivity index (χ1v) is 6.15. The van der Waals surface area contributed by atoms with Crippen molar-refractivity contribution in [2.45, 2.75) is 26.9 Å². The van der Waals surface area contributed by atoms with Crippen LogP contribution >= 0.6 is 0 Å². The molecule has 1 atom stereocenters. The maximum absolute atomic E-state index is 12.0. The van der Waals surface area contributed by atoms with Crippen molar-refractivity contribution >= 4 is 11.8 Å². The number of ketones is 1. The highest BCUT2D eigenvalue weighted by atomic mass is 16.5. The van der Waals surface area contributed by atoms with E-state index in [1.54, 1.807) is 37.3 Å². The number of benzene rings is 1. The second-order valence-corrected chi connectivity index (χ2v) is 4.19. The number of Topliss-reactive ketones (excluding diaryl/α,β-unsaturated/α-hetero) is 1. The monoisotopic (exact) mass is 258 g/mol. The predicted molar refractivity (Wildman–Crippen MR) is 75.0 cm³/mol. The highest BCUT2D eigenvalue weighted by Gasteiger charge is 2.18. The number of rotatable bonds is 5. The molecule has 0 spiro atoms. The number of aryl methyl sites for hydroxylation is 1. The van der Waals surface area contributed by atoms with Gasteiger partial charge in [0.2, 0.25) is 5.78 Å². The van der Waals surface area contributed by atoms with Crippen LogP contribution in [-0.2, 0) is 9.53 Å². The quantitative estimate of drug-likeness (QED) is 0.352.